The van der Waals surface area contributed by atoms with Gasteiger partial charge in [-0.2, -0.15) is 4.31 Å². The topological polar surface area (TPSA) is 57.7 Å². The van der Waals surface area contributed by atoms with Gasteiger partial charge in [0, 0.05) is 31.2 Å². The smallest absolute Gasteiger partial charge is 0.254 e. The molecule has 1 saturated heterocycles. The van der Waals surface area contributed by atoms with Crippen molar-refractivity contribution >= 4 is 15.9 Å². The van der Waals surface area contributed by atoms with Crippen LogP contribution in [0.15, 0.2) is 47.4 Å². The quantitative estimate of drug-likeness (QED) is 0.692. The predicted octanol–water partition coefficient (Wildman–Crippen LogP) is 3.94. The van der Waals surface area contributed by atoms with Crippen LogP contribution in [0.25, 0.3) is 0 Å². The molecule has 0 bridgehead atoms. The second-order valence-corrected chi connectivity index (χ2v) is 9.81. The molecular formula is C22H24F2N2O3S. The fraction of sp³-hybridized carbons (Fsp3) is 0.409. The lowest BCUT2D eigenvalue weighted by molar-refractivity contribution is 0.0729. The molecule has 0 unspecified atom stereocenters. The normalized spacial score (nSPS) is 17.7. The molecule has 0 N–H and O–H groups in total. The van der Waals surface area contributed by atoms with Crippen LogP contribution >= 0.6 is 0 Å². The molecule has 1 heterocycles. The van der Waals surface area contributed by atoms with Gasteiger partial charge in [-0.3, -0.25) is 4.79 Å². The third kappa shape index (κ3) is 4.39. The molecule has 2 aromatic carbocycles. The number of nitrogens with zero attached hydrogens (tertiary/aromatic N) is 2. The summed E-state index contributed by atoms with van der Waals surface area (Å²) in [4.78, 5) is 14.4. The molecule has 2 aromatic rings. The van der Waals surface area contributed by atoms with E-state index in [0.29, 0.717) is 13.1 Å². The van der Waals surface area contributed by atoms with Crippen molar-refractivity contribution in [2.45, 2.75) is 49.6 Å². The van der Waals surface area contributed by atoms with E-state index in [-0.39, 0.29) is 29.9 Å². The van der Waals surface area contributed by atoms with Crippen molar-refractivity contribution in [2.75, 3.05) is 13.1 Å². The molecule has 8 heteroatoms. The Morgan fingerprint density at radius 3 is 2.30 bits per heavy atom. The molecule has 1 amide bonds. The number of rotatable bonds is 6. The van der Waals surface area contributed by atoms with Gasteiger partial charge in [0.2, 0.25) is 10.0 Å². The number of halogens is 2. The van der Waals surface area contributed by atoms with E-state index in [1.54, 1.807) is 17.0 Å². The molecular weight excluding hydrogens is 410 g/mol. The highest BCUT2D eigenvalue weighted by Crippen LogP contribution is 2.31. The van der Waals surface area contributed by atoms with E-state index in [1.807, 2.05) is 0 Å². The number of amides is 1. The molecule has 0 atom stereocenters. The van der Waals surface area contributed by atoms with Crippen LogP contribution < -0.4 is 0 Å². The number of carbonyl (C=O) groups excluding carboxylic acids is 1. The standard InChI is InChI=1S/C22H24F2N2O3S/c23-18-7-4-16(5-8-18)15-26(19-9-10-19)22(27)17-6-11-20(24)21(14-17)30(28,29)25-12-2-1-3-13-25/h4-8,11,14,19H,1-3,9-10,12-13,15H2. The van der Waals surface area contributed by atoms with E-state index >= 15 is 0 Å². The predicted molar refractivity (Wildman–Crippen MR) is 108 cm³/mol. The number of hydrogen-bond donors (Lipinski definition) is 0. The largest absolute Gasteiger partial charge is 0.331 e. The molecule has 5 nitrogen and oxygen atoms in total. The summed E-state index contributed by atoms with van der Waals surface area (Å²) in [6.45, 7) is 1.01. The first-order valence-electron chi connectivity index (χ1n) is 10.2. The first kappa shape index (κ1) is 20.9. The first-order valence-corrected chi connectivity index (χ1v) is 11.7. The number of hydrogen-bond acceptors (Lipinski definition) is 3. The lowest BCUT2D eigenvalue weighted by Gasteiger charge is -2.26. The van der Waals surface area contributed by atoms with E-state index in [4.69, 9.17) is 0 Å². The fourth-order valence-electron chi connectivity index (χ4n) is 3.78. The third-order valence-electron chi connectivity index (χ3n) is 5.63. The molecule has 1 aliphatic carbocycles. The summed E-state index contributed by atoms with van der Waals surface area (Å²) in [5.74, 6) is -1.56. The minimum atomic E-state index is -4.00. The average Bonchev–Trinajstić information content (AvgIpc) is 3.59. The summed E-state index contributed by atoms with van der Waals surface area (Å²) < 4.78 is 54.8. The van der Waals surface area contributed by atoms with E-state index in [2.05, 4.69) is 0 Å². The van der Waals surface area contributed by atoms with Gasteiger partial charge in [-0.15, -0.1) is 0 Å². The van der Waals surface area contributed by atoms with Crippen molar-refractivity contribution in [1.82, 2.24) is 9.21 Å². The van der Waals surface area contributed by atoms with Gasteiger partial charge in [0.1, 0.15) is 16.5 Å². The van der Waals surface area contributed by atoms with Gasteiger partial charge >= 0.3 is 0 Å². The lowest BCUT2D eigenvalue weighted by atomic mass is 10.1. The first-order chi connectivity index (χ1) is 14.4. The Labute approximate surface area is 175 Å². The van der Waals surface area contributed by atoms with Gasteiger partial charge in [-0.25, -0.2) is 17.2 Å². The van der Waals surface area contributed by atoms with Crippen LogP contribution in [0.4, 0.5) is 8.78 Å². The molecule has 0 aromatic heterocycles. The van der Waals surface area contributed by atoms with Crippen LogP contribution in [-0.4, -0.2) is 42.7 Å². The summed E-state index contributed by atoms with van der Waals surface area (Å²) in [7, 11) is -4.00. The van der Waals surface area contributed by atoms with Crippen LogP contribution in [0.2, 0.25) is 0 Å². The van der Waals surface area contributed by atoms with Crippen LogP contribution in [-0.2, 0) is 16.6 Å². The summed E-state index contributed by atoms with van der Waals surface area (Å²) >= 11 is 0. The Kier molecular flexibility index (Phi) is 5.88. The summed E-state index contributed by atoms with van der Waals surface area (Å²) in [6.07, 6.45) is 4.14. The van der Waals surface area contributed by atoms with Gasteiger partial charge in [-0.1, -0.05) is 18.6 Å². The van der Waals surface area contributed by atoms with E-state index in [1.165, 1.54) is 22.5 Å². The van der Waals surface area contributed by atoms with Gasteiger partial charge in [0.15, 0.2) is 0 Å². The van der Waals surface area contributed by atoms with Crippen LogP contribution in [0.5, 0.6) is 0 Å². The Balaban J connectivity index is 1.61. The zero-order valence-corrected chi connectivity index (χ0v) is 17.4. The number of piperidine rings is 1. The van der Waals surface area contributed by atoms with Crippen LogP contribution in [0.3, 0.4) is 0 Å². The monoisotopic (exact) mass is 434 g/mol. The molecule has 1 aliphatic heterocycles. The summed E-state index contributed by atoms with van der Waals surface area (Å²) in [5.41, 5.74) is 0.918. The molecule has 0 radical (unpaired) electrons. The molecule has 30 heavy (non-hydrogen) atoms. The lowest BCUT2D eigenvalue weighted by Crippen LogP contribution is -2.36. The molecule has 2 aliphatic rings. The Hall–Kier alpha value is -2.32. The number of sulfonamides is 1. The molecule has 1 saturated carbocycles. The third-order valence-corrected chi connectivity index (χ3v) is 7.54. The van der Waals surface area contributed by atoms with Crippen molar-refractivity contribution in [2.24, 2.45) is 0 Å². The van der Waals surface area contributed by atoms with Gasteiger partial charge in [0.25, 0.3) is 5.91 Å². The highest BCUT2D eigenvalue weighted by molar-refractivity contribution is 7.89. The minimum absolute atomic E-state index is 0.0507. The van der Waals surface area contributed by atoms with Gasteiger partial charge in [0.05, 0.1) is 0 Å². The zero-order valence-electron chi connectivity index (χ0n) is 16.6. The maximum atomic E-state index is 14.5. The van der Waals surface area contributed by atoms with Crippen molar-refractivity contribution < 1.29 is 22.0 Å². The van der Waals surface area contributed by atoms with Crippen LogP contribution in [0, 0.1) is 11.6 Å². The Morgan fingerprint density at radius 1 is 1.00 bits per heavy atom. The molecule has 2 fully saturated rings. The fourth-order valence-corrected chi connectivity index (χ4v) is 5.39. The molecule has 0 spiro atoms. The van der Waals surface area contributed by atoms with Gasteiger partial charge in [-0.05, 0) is 61.6 Å². The summed E-state index contributed by atoms with van der Waals surface area (Å²) in [6, 6.07) is 9.50. The average molecular weight is 435 g/mol. The van der Waals surface area contributed by atoms with Gasteiger partial charge < -0.3 is 4.90 Å². The second-order valence-electron chi connectivity index (χ2n) is 7.90. The molecule has 4 rings (SSSR count). The maximum absolute atomic E-state index is 14.5. The van der Waals surface area contributed by atoms with Crippen LogP contribution in [0.1, 0.15) is 48.0 Å². The SMILES string of the molecule is O=C(c1ccc(F)c(S(=O)(=O)N2CCCCC2)c1)N(Cc1ccc(F)cc1)C1CC1. The Morgan fingerprint density at radius 2 is 1.67 bits per heavy atom. The zero-order chi connectivity index (χ0) is 21.3. The van der Waals surface area contributed by atoms with E-state index in [9.17, 15) is 22.0 Å². The van der Waals surface area contributed by atoms with Crippen molar-refractivity contribution in [3.8, 4) is 0 Å². The minimum Gasteiger partial charge on any atom is -0.331 e. The number of benzene rings is 2. The van der Waals surface area contributed by atoms with Crippen molar-refractivity contribution in [3.63, 3.8) is 0 Å². The van der Waals surface area contributed by atoms with Crippen molar-refractivity contribution in [3.05, 3.63) is 65.2 Å². The highest BCUT2D eigenvalue weighted by Gasteiger charge is 2.35. The maximum Gasteiger partial charge on any atom is 0.254 e. The second kappa shape index (κ2) is 8.43. The van der Waals surface area contributed by atoms with E-state index in [0.717, 1.165) is 49.8 Å². The Bertz CT molecular complexity index is 1030. The number of carbonyl (C=O) groups is 1. The van der Waals surface area contributed by atoms with Crippen molar-refractivity contribution in [1.29, 1.82) is 0 Å². The highest BCUT2D eigenvalue weighted by atomic mass is 32.2. The molecule has 160 valence electrons. The van der Waals surface area contributed by atoms with E-state index < -0.39 is 20.7 Å². The summed E-state index contributed by atoms with van der Waals surface area (Å²) in [5, 5.41) is 0.